The van der Waals surface area contributed by atoms with Gasteiger partial charge in [-0.3, -0.25) is 0 Å². The zero-order valence-electron chi connectivity index (χ0n) is 7.86. The van der Waals surface area contributed by atoms with E-state index < -0.39 is 0 Å². The minimum absolute atomic E-state index is 0.546. The monoisotopic (exact) mass is 188 g/mol. The third kappa shape index (κ3) is 1.97. The summed E-state index contributed by atoms with van der Waals surface area (Å²) in [6.07, 6.45) is 2.52. The maximum atomic E-state index is 8.63. The topological polar surface area (TPSA) is 59.0 Å². The number of nitrogen functional groups attached to an aromatic ring is 1. The van der Waals surface area contributed by atoms with Gasteiger partial charge in [-0.1, -0.05) is 0 Å². The highest BCUT2D eigenvalue weighted by Crippen LogP contribution is 2.31. The van der Waals surface area contributed by atoms with E-state index in [0.717, 1.165) is 6.61 Å². The number of benzene rings is 1. The average Bonchev–Trinajstić information content (AvgIpc) is 2.99. The minimum Gasteiger partial charge on any atom is -0.491 e. The van der Waals surface area contributed by atoms with E-state index in [1.807, 2.05) is 6.07 Å². The smallest absolute Gasteiger partial charge is 0.142 e. The molecule has 3 nitrogen and oxygen atoms in total. The van der Waals surface area contributed by atoms with Gasteiger partial charge in [0.25, 0.3) is 0 Å². The summed E-state index contributed by atoms with van der Waals surface area (Å²) in [4.78, 5) is 0. The molecule has 1 saturated carbocycles. The molecule has 0 radical (unpaired) electrons. The molecular formula is C11H12N2O. The van der Waals surface area contributed by atoms with Crippen molar-refractivity contribution in [2.24, 2.45) is 5.92 Å². The fourth-order valence-electron chi connectivity index (χ4n) is 1.24. The molecule has 0 amide bonds. The molecule has 1 aliphatic rings. The Bertz CT molecular complexity index is 377. The van der Waals surface area contributed by atoms with Crippen LogP contribution in [0.25, 0.3) is 0 Å². The Morgan fingerprint density at radius 3 is 2.86 bits per heavy atom. The molecule has 72 valence electrons. The number of nitrogens with zero attached hydrogens (tertiary/aromatic N) is 1. The lowest BCUT2D eigenvalue weighted by molar-refractivity contribution is 0.301. The molecule has 1 fully saturated rings. The molecular weight excluding hydrogens is 176 g/mol. The first-order chi connectivity index (χ1) is 6.79. The van der Waals surface area contributed by atoms with Crippen molar-refractivity contribution in [2.75, 3.05) is 12.3 Å². The molecule has 3 heteroatoms. The first-order valence-electron chi connectivity index (χ1n) is 4.72. The normalized spacial score (nSPS) is 14.8. The molecule has 0 aromatic heterocycles. The van der Waals surface area contributed by atoms with Crippen LogP contribution in [0.1, 0.15) is 18.4 Å². The highest BCUT2D eigenvalue weighted by molar-refractivity contribution is 5.56. The Hall–Kier alpha value is -1.69. The van der Waals surface area contributed by atoms with Crippen molar-refractivity contribution in [1.82, 2.24) is 0 Å². The third-order valence-corrected chi connectivity index (χ3v) is 2.31. The average molecular weight is 188 g/mol. The Kier molecular flexibility index (Phi) is 2.28. The first-order valence-corrected chi connectivity index (χ1v) is 4.72. The van der Waals surface area contributed by atoms with E-state index in [0.29, 0.717) is 22.9 Å². The van der Waals surface area contributed by atoms with Gasteiger partial charge in [0, 0.05) is 0 Å². The second-order valence-electron chi connectivity index (χ2n) is 3.62. The fourth-order valence-corrected chi connectivity index (χ4v) is 1.24. The highest BCUT2D eigenvalue weighted by Gasteiger charge is 2.22. The maximum Gasteiger partial charge on any atom is 0.142 e. The van der Waals surface area contributed by atoms with Crippen LogP contribution in [0.15, 0.2) is 18.2 Å². The summed E-state index contributed by atoms with van der Waals surface area (Å²) >= 11 is 0. The largest absolute Gasteiger partial charge is 0.491 e. The second-order valence-corrected chi connectivity index (χ2v) is 3.62. The Labute approximate surface area is 83.1 Å². The molecule has 2 N–H and O–H groups in total. The van der Waals surface area contributed by atoms with Crippen LogP contribution in [0.2, 0.25) is 0 Å². The number of ether oxygens (including phenoxy) is 1. The van der Waals surface area contributed by atoms with Crippen LogP contribution in [-0.4, -0.2) is 6.61 Å². The second kappa shape index (κ2) is 3.59. The molecule has 0 bridgehead atoms. The van der Waals surface area contributed by atoms with E-state index in [9.17, 15) is 0 Å². The van der Waals surface area contributed by atoms with Crippen molar-refractivity contribution < 1.29 is 4.74 Å². The van der Waals surface area contributed by atoms with E-state index >= 15 is 0 Å². The van der Waals surface area contributed by atoms with Gasteiger partial charge in [0.1, 0.15) is 5.75 Å². The summed E-state index contributed by atoms with van der Waals surface area (Å²) in [5, 5.41) is 8.63. The molecule has 1 aromatic rings. The van der Waals surface area contributed by atoms with Gasteiger partial charge in [-0.05, 0) is 37.0 Å². The summed E-state index contributed by atoms with van der Waals surface area (Å²) in [7, 11) is 0. The molecule has 0 unspecified atom stereocenters. The summed E-state index contributed by atoms with van der Waals surface area (Å²) in [6.45, 7) is 0.746. The minimum atomic E-state index is 0.546. The predicted octanol–water partition coefficient (Wildman–Crippen LogP) is 1.93. The van der Waals surface area contributed by atoms with Crippen molar-refractivity contribution in [3.05, 3.63) is 23.8 Å². The summed E-state index contributed by atoms with van der Waals surface area (Å²) in [5.74, 6) is 1.40. The molecule has 0 atom stereocenters. The summed E-state index contributed by atoms with van der Waals surface area (Å²) in [6, 6.07) is 7.16. The molecule has 0 aliphatic heterocycles. The van der Waals surface area contributed by atoms with Crippen molar-refractivity contribution in [2.45, 2.75) is 12.8 Å². The number of hydrogen-bond acceptors (Lipinski definition) is 3. The molecule has 1 aliphatic carbocycles. The van der Waals surface area contributed by atoms with Crippen molar-refractivity contribution in [3.8, 4) is 11.8 Å². The standard InChI is InChI=1S/C11H12N2O/c12-6-9-3-4-11(10(13)5-9)14-7-8-1-2-8/h3-5,8H,1-2,7,13H2. The van der Waals surface area contributed by atoms with Gasteiger partial charge >= 0.3 is 0 Å². The van der Waals surface area contributed by atoms with Crippen LogP contribution in [0, 0.1) is 17.2 Å². The van der Waals surface area contributed by atoms with Crippen molar-refractivity contribution in [3.63, 3.8) is 0 Å². The zero-order chi connectivity index (χ0) is 9.97. The van der Waals surface area contributed by atoms with Gasteiger partial charge in [0.2, 0.25) is 0 Å². The zero-order valence-corrected chi connectivity index (χ0v) is 7.86. The Morgan fingerprint density at radius 1 is 1.50 bits per heavy atom. The lowest BCUT2D eigenvalue weighted by atomic mass is 10.2. The number of nitriles is 1. The van der Waals surface area contributed by atoms with Crippen molar-refractivity contribution in [1.29, 1.82) is 5.26 Å². The van der Waals surface area contributed by atoms with E-state index in [1.165, 1.54) is 12.8 Å². The van der Waals surface area contributed by atoms with E-state index in [2.05, 4.69) is 0 Å². The SMILES string of the molecule is N#Cc1ccc(OCC2CC2)c(N)c1. The summed E-state index contributed by atoms with van der Waals surface area (Å²) < 4.78 is 5.53. The lowest BCUT2D eigenvalue weighted by Crippen LogP contribution is -2.01. The molecule has 0 heterocycles. The highest BCUT2D eigenvalue weighted by atomic mass is 16.5. The molecule has 0 saturated heterocycles. The molecule has 0 spiro atoms. The Balaban J connectivity index is 2.05. The van der Waals surface area contributed by atoms with Crippen LogP contribution in [-0.2, 0) is 0 Å². The van der Waals surface area contributed by atoms with Crippen molar-refractivity contribution >= 4 is 5.69 Å². The fraction of sp³-hybridized carbons (Fsp3) is 0.364. The van der Waals surface area contributed by atoms with Gasteiger partial charge < -0.3 is 10.5 Å². The third-order valence-electron chi connectivity index (χ3n) is 2.31. The molecule has 1 aromatic carbocycles. The number of anilines is 1. The van der Waals surface area contributed by atoms with Gasteiger partial charge in [-0.25, -0.2) is 0 Å². The lowest BCUT2D eigenvalue weighted by Gasteiger charge is -2.07. The predicted molar refractivity (Wildman–Crippen MR) is 53.8 cm³/mol. The quantitative estimate of drug-likeness (QED) is 0.737. The van der Waals surface area contributed by atoms with Gasteiger partial charge in [0.05, 0.1) is 23.9 Å². The van der Waals surface area contributed by atoms with Crippen LogP contribution in [0.3, 0.4) is 0 Å². The van der Waals surface area contributed by atoms with Crippen LogP contribution in [0.4, 0.5) is 5.69 Å². The first kappa shape index (κ1) is 8.89. The molecule has 2 rings (SSSR count). The maximum absolute atomic E-state index is 8.63. The van der Waals surface area contributed by atoms with E-state index in [4.69, 9.17) is 15.7 Å². The van der Waals surface area contributed by atoms with Gasteiger partial charge in [-0.2, -0.15) is 5.26 Å². The van der Waals surface area contributed by atoms with E-state index in [1.54, 1.807) is 18.2 Å². The van der Waals surface area contributed by atoms with Gasteiger partial charge in [-0.15, -0.1) is 0 Å². The van der Waals surface area contributed by atoms with Crippen LogP contribution < -0.4 is 10.5 Å². The van der Waals surface area contributed by atoms with Crippen LogP contribution in [0.5, 0.6) is 5.75 Å². The number of hydrogen-bond donors (Lipinski definition) is 1. The van der Waals surface area contributed by atoms with E-state index in [-0.39, 0.29) is 0 Å². The Morgan fingerprint density at radius 2 is 2.29 bits per heavy atom. The molecule has 14 heavy (non-hydrogen) atoms. The number of rotatable bonds is 3. The van der Waals surface area contributed by atoms with Crippen LogP contribution >= 0.6 is 0 Å². The summed E-state index contributed by atoms with van der Waals surface area (Å²) in [5.41, 5.74) is 6.84. The number of nitrogens with two attached hydrogens (primary N) is 1. The van der Waals surface area contributed by atoms with Gasteiger partial charge in [0.15, 0.2) is 0 Å².